The second kappa shape index (κ2) is 5.68. The minimum absolute atomic E-state index is 0.109. The van der Waals surface area contributed by atoms with E-state index in [1.54, 1.807) is 18.7 Å². The number of imidazole rings is 1. The van der Waals surface area contributed by atoms with Crippen LogP contribution in [0.5, 0.6) is 5.75 Å². The molecule has 1 aliphatic heterocycles. The van der Waals surface area contributed by atoms with Gasteiger partial charge in [-0.25, -0.2) is 4.98 Å². The summed E-state index contributed by atoms with van der Waals surface area (Å²) in [5.74, 6) is 0.560. The number of carbonyl (C=O) groups excluding carboxylic acids is 1. The summed E-state index contributed by atoms with van der Waals surface area (Å²) >= 11 is 0. The average molecular weight is 305 g/mol. The molecule has 0 saturated heterocycles. The number of rotatable bonds is 3. The number of hydrogen-bond acceptors (Lipinski definition) is 4. The minimum Gasteiger partial charge on any atom is -0.492 e. The number of aromatic nitrogens is 3. The number of pyridine rings is 1. The molecule has 3 heterocycles. The molecule has 5 nitrogen and oxygen atoms in total. The number of fused-ring (bicyclic) bond motifs is 1. The van der Waals surface area contributed by atoms with Crippen molar-refractivity contribution in [3.05, 3.63) is 66.9 Å². The van der Waals surface area contributed by atoms with E-state index in [-0.39, 0.29) is 11.7 Å². The largest absolute Gasteiger partial charge is 0.492 e. The van der Waals surface area contributed by atoms with Crippen LogP contribution in [0.4, 0.5) is 0 Å². The number of hydrogen-bond donors (Lipinski definition) is 0. The maximum absolute atomic E-state index is 12.8. The summed E-state index contributed by atoms with van der Waals surface area (Å²) < 4.78 is 7.67. The number of ketones is 1. The van der Waals surface area contributed by atoms with Crippen LogP contribution in [-0.2, 0) is 6.54 Å². The standard InChI is InChI=1S/C18H15N3O2/c22-18-14(10-21-8-7-19-12-21)11-23-17-5-4-13(9-15(17)18)16-3-1-2-6-20-16/h1-9,12,14H,10-11H2. The lowest BCUT2D eigenvalue weighted by Gasteiger charge is -2.24. The number of Topliss-reactive ketones (excluding diaryl/α,β-unsaturated/α-hetero) is 1. The van der Waals surface area contributed by atoms with Gasteiger partial charge in [0, 0.05) is 30.7 Å². The summed E-state index contributed by atoms with van der Waals surface area (Å²) in [5, 5.41) is 0. The molecule has 3 aromatic rings. The van der Waals surface area contributed by atoms with Gasteiger partial charge in [-0.05, 0) is 30.3 Å². The van der Waals surface area contributed by atoms with Gasteiger partial charge in [-0.3, -0.25) is 9.78 Å². The van der Waals surface area contributed by atoms with E-state index in [1.807, 2.05) is 47.2 Å². The molecule has 1 aliphatic rings. The van der Waals surface area contributed by atoms with Crippen molar-refractivity contribution < 1.29 is 9.53 Å². The second-order valence-electron chi connectivity index (χ2n) is 5.56. The smallest absolute Gasteiger partial charge is 0.174 e. The molecule has 114 valence electrons. The number of nitrogens with zero attached hydrogens (tertiary/aromatic N) is 3. The van der Waals surface area contributed by atoms with Gasteiger partial charge in [0.2, 0.25) is 0 Å². The molecule has 0 fully saturated rings. The van der Waals surface area contributed by atoms with Gasteiger partial charge in [0.25, 0.3) is 0 Å². The lowest BCUT2D eigenvalue weighted by molar-refractivity contribution is 0.0810. The summed E-state index contributed by atoms with van der Waals surface area (Å²) in [4.78, 5) is 21.1. The molecule has 0 N–H and O–H groups in total. The lowest BCUT2D eigenvalue weighted by atomic mass is 9.93. The summed E-state index contributed by atoms with van der Waals surface area (Å²) in [6.45, 7) is 0.971. The molecule has 4 rings (SSSR count). The highest BCUT2D eigenvalue weighted by atomic mass is 16.5. The van der Waals surface area contributed by atoms with Gasteiger partial charge in [0.15, 0.2) is 5.78 Å². The van der Waals surface area contributed by atoms with E-state index in [1.165, 1.54) is 0 Å². The monoisotopic (exact) mass is 305 g/mol. The molecule has 5 heteroatoms. The van der Waals surface area contributed by atoms with E-state index < -0.39 is 0 Å². The maximum Gasteiger partial charge on any atom is 0.174 e. The first-order valence-corrected chi connectivity index (χ1v) is 7.49. The summed E-state index contributed by atoms with van der Waals surface area (Å²) in [7, 11) is 0. The number of ether oxygens (including phenoxy) is 1. The molecular weight excluding hydrogens is 290 g/mol. The van der Waals surface area contributed by atoms with Gasteiger partial charge >= 0.3 is 0 Å². The maximum atomic E-state index is 12.8. The first kappa shape index (κ1) is 13.7. The molecule has 0 radical (unpaired) electrons. The van der Waals surface area contributed by atoms with Crippen molar-refractivity contribution in [2.24, 2.45) is 5.92 Å². The Morgan fingerprint density at radius 1 is 1.22 bits per heavy atom. The zero-order valence-corrected chi connectivity index (χ0v) is 12.4. The molecule has 1 unspecified atom stereocenters. The number of benzene rings is 1. The quantitative estimate of drug-likeness (QED) is 0.746. The van der Waals surface area contributed by atoms with Crippen molar-refractivity contribution in [3.63, 3.8) is 0 Å². The normalized spacial score (nSPS) is 16.7. The molecule has 0 bridgehead atoms. The van der Waals surface area contributed by atoms with E-state index in [4.69, 9.17) is 4.74 Å². The fourth-order valence-electron chi connectivity index (χ4n) is 2.81. The Morgan fingerprint density at radius 2 is 2.17 bits per heavy atom. The Bertz CT molecular complexity index is 829. The SMILES string of the molecule is O=C1c2cc(-c3ccccn3)ccc2OCC1Cn1ccnc1. The summed E-state index contributed by atoms with van der Waals surface area (Å²) in [6, 6.07) is 11.4. The third-order valence-corrected chi connectivity index (χ3v) is 4.01. The Morgan fingerprint density at radius 3 is 2.96 bits per heavy atom. The fourth-order valence-corrected chi connectivity index (χ4v) is 2.81. The highest BCUT2D eigenvalue weighted by Crippen LogP contribution is 2.31. The Labute approximate surface area is 133 Å². The molecule has 0 aliphatic carbocycles. The van der Waals surface area contributed by atoms with Crippen LogP contribution in [0.15, 0.2) is 61.3 Å². The molecule has 1 atom stereocenters. The lowest BCUT2D eigenvalue weighted by Crippen LogP contribution is -2.31. The molecule has 0 spiro atoms. The van der Waals surface area contributed by atoms with Crippen LogP contribution >= 0.6 is 0 Å². The summed E-state index contributed by atoms with van der Waals surface area (Å²) in [6.07, 6.45) is 7.02. The van der Waals surface area contributed by atoms with Crippen molar-refractivity contribution in [3.8, 4) is 17.0 Å². The molecule has 2 aromatic heterocycles. The third kappa shape index (κ3) is 2.61. The van der Waals surface area contributed by atoms with Gasteiger partial charge in [-0.1, -0.05) is 6.07 Å². The highest BCUT2D eigenvalue weighted by Gasteiger charge is 2.29. The van der Waals surface area contributed by atoms with Crippen LogP contribution in [-0.4, -0.2) is 26.9 Å². The van der Waals surface area contributed by atoms with Crippen LogP contribution in [0.1, 0.15) is 10.4 Å². The van der Waals surface area contributed by atoms with Gasteiger partial charge in [0.05, 0.1) is 23.5 Å². The highest BCUT2D eigenvalue weighted by molar-refractivity contribution is 6.02. The zero-order valence-electron chi connectivity index (χ0n) is 12.4. The average Bonchev–Trinajstić information content (AvgIpc) is 3.11. The third-order valence-electron chi connectivity index (χ3n) is 4.01. The van der Waals surface area contributed by atoms with Crippen LogP contribution in [0, 0.1) is 5.92 Å². The van der Waals surface area contributed by atoms with Gasteiger partial charge in [-0.2, -0.15) is 0 Å². The summed E-state index contributed by atoms with van der Waals surface area (Å²) in [5.41, 5.74) is 2.40. The molecule has 0 saturated carbocycles. The number of carbonyl (C=O) groups is 1. The molecule has 1 aromatic carbocycles. The van der Waals surface area contributed by atoms with E-state index >= 15 is 0 Å². The van der Waals surface area contributed by atoms with E-state index in [2.05, 4.69) is 9.97 Å². The second-order valence-corrected chi connectivity index (χ2v) is 5.56. The van der Waals surface area contributed by atoms with Crippen molar-refractivity contribution in [2.45, 2.75) is 6.54 Å². The molecule has 23 heavy (non-hydrogen) atoms. The Kier molecular flexibility index (Phi) is 3.38. The topological polar surface area (TPSA) is 57.0 Å². The van der Waals surface area contributed by atoms with Crippen LogP contribution in [0.2, 0.25) is 0 Å². The first-order chi connectivity index (χ1) is 11.3. The zero-order chi connectivity index (χ0) is 15.6. The first-order valence-electron chi connectivity index (χ1n) is 7.49. The van der Waals surface area contributed by atoms with Crippen LogP contribution in [0.25, 0.3) is 11.3 Å². The van der Waals surface area contributed by atoms with Gasteiger partial charge in [0.1, 0.15) is 12.4 Å². The molecule has 0 amide bonds. The van der Waals surface area contributed by atoms with Crippen molar-refractivity contribution in [1.82, 2.24) is 14.5 Å². The van der Waals surface area contributed by atoms with E-state index in [9.17, 15) is 4.79 Å². The van der Waals surface area contributed by atoms with Gasteiger partial charge < -0.3 is 9.30 Å². The Hall–Kier alpha value is -2.95. The van der Waals surface area contributed by atoms with Crippen molar-refractivity contribution >= 4 is 5.78 Å². The van der Waals surface area contributed by atoms with Crippen molar-refractivity contribution in [2.75, 3.05) is 6.61 Å². The fraction of sp³-hybridized carbons (Fsp3) is 0.167. The van der Waals surface area contributed by atoms with E-state index in [0.717, 1.165) is 11.3 Å². The molecular formula is C18H15N3O2. The predicted molar refractivity (Wildman–Crippen MR) is 85.2 cm³/mol. The minimum atomic E-state index is -0.198. The van der Waals surface area contributed by atoms with Gasteiger partial charge in [-0.15, -0.1) is 0 Å². The van der Waals surface area contributed by atoms with Crippen molar-refractivity contribution in [1.29, 1.82) is 0 Å². The Balaban J connectivity index is 1.65. The van der Waals surface area contributed by atoms with Crippen LogP contribution < -0.4 is 4.74 Å². The van der Waals surface area contributed by atoms with Crippen LogP contribution in [0.3, 0.4) is 0 Å². The predicted octanol–water partition coefficient (Wildman–Crippen LogP) is 2.84. The van der Waals surface area contributed by atoms with E-state index in [0.29, 0.717) is 24.5 Å².